The summed E-state index contributed by atoms with van der Waals surface area (Å²) in [6.07, 6.45) is 5.37. The zero-order chi connectivity index (χ0) is 13.5. The monoisotopic (exact) mass is 246 g/mol. The fraction of sp³-hybridized carbons (Fsp3) is 0.308. The summed E-state index contributed by atoms with van der Waals surface area (Å²) >= 11 is 0. The van der Waals surface area contributed by atoms with E-state index >= 15 is 0 Å². The van der Waals surface area contributed by atoms with Gasteiger partial charge in [0.15, 0.2) is 0 Å². The highest BCUT2D eigenvalue weighted by molar-refractivity contribution is 5.79. The summed E-state index contributed by atoms with van der Waals surface area (Å²) in [6.45, 7) is 2.68. The lowest BCUT2D eigenvalue weighted by Gasteiger charge is -2.17. The molecule has 0 aliphatic heterocycles. The van der Waals surface area contributed by atoms with Gasteiger partial charge in [0.2, 0.25) is 5.91 Å². The molecule has 0 unspecified atom stereocenters. The summed E-state index contributed by atoms with van der Waals surface area (Å²) in [5.74, 6) is 2.35. The molecule has 0 heterocycles. The average molecular weight is 246 g/mol. The summed E-state index contributed by atoms with van der Waals surface area (Å²) in [5.41, 5.74) is 0.753. The zero-order valence-electron chi connectivity index (χ0n) is 10.1. The van der Waals surface area contributed by atoms with Crippen molar-refractivity contribution in [3.8, 4) is 12.3 Å². The van der Waals surface area contributed by atoms with Crippen LogP contribution in [0.2, 0.25) is 0 Å². The third kappa shape index (κ3) is 3.59. The van der Waals surface area contributed by atoms with E-state index in [2.05, 4.69) is 5.92 Å². The molecule has 0 aliphatic rings. The topological polar surface area (TPSA) is 63.5 Å². The Kier molecular flexibility index (Phi) is 4.88. The lowest BCUT2D eigenvalue weighted by Crippen LogP contribution is -2.32. The molecule has 1 aromatic rings. The van der Waals surface area contributed by atoms with E-state index in [1.165, 1.54) is 12.1 Å². The summed E-state index contributed by atoms with van der Waals surface area (Å²) in [5, 5.41) is 10.5. The predicted octanol–water partition coefficient (Wildman–Crippen LogP) is 1.62. The Morgan fingerprint density at radius 3 is 2.50 bits per heavy atom. The number of benzene rings is 1. The van der Waals surface area contributed by atoms with Crippen molar-refractivity contribution in [2.24, 2.45) is 0 Å². The van der Waals surface area contributed by atoms with E-state index in [0.717, 1.165) is 5.56 Å². The van der Waals surface area contributed by atoms with Crippen molar-refractivity contribution in [3.63, 3.8) is 0 Å². The molecule has 5 heteroatoms. The van der Waals surface area contributed by atoms with Crippen LogP contribution in [0.25, 0.3) is 0 Å². The van der Waals surface area contributed by atoms with Gasteiger partial charge in [-0.15, -0.1) is 6.42 Å². The number of nitro benzene ring substituents is 1. The van der Waals surface area contributed by atoms with Gasteiger partial charge in [-0.3, -0.25) is 14.9 Å². The lowest BCUT2D eigenvalue weighted by molar-refractivity contribution is -0.384. The maximum absolute atomic E-state index is 11.8. The molecule has 5 nitrogen and oxygen atoms in total. The lowest BCUT2D eigenvalue weighted by atomic mass is 10.1. The number of hydrogen-bond acceptors (Lipinski definition) is 3. The second kappa shape index (κ2) is 6.40. The number of carbonyl (C=O) groups is 1. The summed E-state index contributed by atoms with van der Waals surface area (Å²) < 4.78 is 0. The molecule has 1 aromatic carbocycles. The number of nitrogens with zero attached hydrogens (tertiary/aromatic N) is 2. The van der Waals surface area contributed by atoms with Gasteiger partial charge in [-0.1, -0.05) is 18.1 Å². The number of non-ortho nitro benzene ring substituents is 1. The average Bonchev–Trinajstić information content (AvgIpc) is 2.36. The largest absolute Gasteiger partial charge is 0.332 e. The Bertz CT molecular complexity index is 474. The van der Waals surface area contributed by atoms with E-state index < -0.39 is 4.92 Å². The number of terminal acetylenes is 1. The van der Waals surface area contributed by atoms with E-state index in [4.69, 9.17) is 6.42 Å². The Balaban J connectivity index is 2.70. The number of amides is 1. The first-order valence-corrected chi connectivity index (χ1v) is 5.53. The SMILES string of the molecule is C#CCN(CC)C(=O)Cc1ccc([N+](=O)[O-])cc1. The van der Waals surface area contributed by atoms with Crippen molar-refractivity contribution in [2.75, 3.05) is 13.1 Å². The molecule has 0 saturated carbocycles. The molecule has 0 atom stereocenters. The van der Waals surface area contributed by atoms with E-state index in [1.54, 1.807) is 17.0 Å². The molecule has 18 heavy (non-hydrogen) atoms. The van der Waals surface area contributed by atoms with E-state index in [1.807, 2.05) is 6.92 Å². The Morgan fingerprint density at radius 2 is 2.06 bits per heavy atom. The van der Waals surface area contributed by atoms with Crippen molar-refractivity contribution in [1.29, 1.82) is 0 Å². The first-order valence-electron chi connectivity index (χ1n) is 5.53. The molecule has 0 saturated heterocycles. The van der Waals surface area contributed by atoms with Gasteiger partial charge in [0, 0.05) is 18.7 Å². The Hall–Kier alpha value is -2.35. The minimum absolute atomic E-state index is 0.0159. The Morgan fingerprint density at radius 1 is 1.44 bits per heavy atom. The predicted molar refractivity (Wildman–Crippen MR) is 67.9 cm³/mol. The van der Waals surface area contributed by atoms with Crippen molar-refractivity contribution in [1.82, 2.24) is 4.90 Å². The molecule has 0 radical (unpaired) electrons. The summed E-state index contributed by atoms with van der Waals surface area (Å²) in [6, 6.07) is 5.94. The van der Waals surface area contributed by atoms with Gasteiger partial charge in [0.05, 0.1) is 17.9 Å². The molecule has 94 valence electrons. The Labute approximate surface area is 106 Å². The second-order valence-electron chi connectivity index (χ2n) is 3.71. The van der Waals surface area contributed by atoms with Gasteiger partial charge >= 0.3 is 0 Å². The van der Waals surface area contributed by atoms with Crippen molar-refractivity contribution < 1.29 is 9.72 Å². The summed E-state index contributed by atoms with van der Waals surface area (Å²) in [7, 11) is 0. The molecule has 0 aliphatic carbocycles. The molecule has 0 fully saturated rings. The van der Waals surface area contributed by atoms with Crippen LogP contribution in [0, 0.1) is 22.5 Å². The standard InChI is InChI=1S/C13H14N2O3/c1-3-9-14(4-2)13(16)10-11-5-7-12(8-6-11)15(17)18/h1,5-8H,4,9-10H2,2H3. The number of rotatable bonds is 5. The van der Waals surface area contributed by atoms with Crippen molar-refractivity contribution in [2.45, 2.75) is 13.3 Å². The van der Waals surface area contributed by atoms with Crippen LogP contribution in [0.5, 0.6) is 0 Å². The van der Waals surface area contributed by atoms with Crippen LogP contribution >= 0.6 is 0 Å². The maximum atomic E-state index is 11.8. The molecular weight excluding hydrogens is 232 g/mol. The third-order valence-corrected chi connectivity index (χ3v) is 2.52. The highest BCUT2D eigenvalue weighted by atomic mass is 16.6. The molecule has 0 N–H and O–H groups in total. The van der Waals surface area contributed by atoms with Gasteiger partial charge in [0.25, 0.3) is 5.69 Å². The highest BCUT2D eigenvalue weighted by Crippen LogP contribution is 2.12. The first-order chi connectivity index (χ1) is 8.58. The fourth-order valence-corrected chi connectivity index (χ4v) is 1.51. The number of nitro groups is 1. The molecular formula is C13H14N2O3. The smallest absolute Gasteiger partial charge is 0.269 e. The number of carbonyl (C=O) groups excluding carboxylic acids is 1. The molecule has 1 amide bonds. The van der Waals surface area contributed by atoms with Gasteiger partial charge in [-0.25, -0.2) is 0 Å². The van der Waals surface area contributed by atoms with Crippen LogP contribution in [0.15, 0.2) is 24.3 Å². The number of likely N-dealkylation sites (N-methyl/N-ethyl adjacent to an activating group) is 1. The fourth-order valence-electron chi connectivity index (χ4n) is 1.51. The minimum Gasteiger partial charge on any atom is -0.332 e. The second-order valence-corrected chi connectivity index (χ2v) is 3.71. The minimum atomic E-state index is -0.470. The quantitative estimate of drug-likeness (QED) is 0.450. The van der Waals surface area contributed by atoms with Crippen LogP contribution < -0.4 is 0 Å². The van der Waals surface area contributed by atoms with Gasteiger partial charge in [0.1, 0.15) is 0 Å². The highest BCUT2D eigenvalue weighted by Gasteiger charge is 2.12. The zero-order valence-corrected chi connectivity index (χ0v) is 10.1. The first kappa shape index (κ1) is 13.7. The van der Waals surface area contributed by atoms with Crippen LogP contribution in [-0.4, -0.2) is 28.8 Å². The molecule has 0 spiro atoms. The van der Waals surface area contributed by atoms with Crippen LogP contribution in [-0.2, 0) is 11.2 Å². The molecule has 1 rings (SSSR count). The molecule has 0 aromatic heterocycles. The maximum Gasteiger partial charge on any atom is 0.269 e. The van der Waals surface area contributed by atoms with Crippen LogP contribution in [0.4, 0.5) is 5.69 Å². The van der Waals surface area contributed by atoms with Crippen LogP contribution in [0.1, 0.15) is 12.5 Å². The number of hydrogen-bond donors (Lipinski definition) is 0. The van der Waals surface area contributed by atoms with E-state index in [9.17, 15) is 14.9 Å². The van der Waals surface area contributed by atoms with Gasteiger partial charge in [-0.05, 0) is 12.5 Å². The van der Waals surface area contributed by atoms with E-state index in [-0.39, 0.29) is 24.6 Å². The van der Waals surface area contributed by atoms with Gasteiger partial charge < -0.3 is 4.90 Å². The normalized spacial score (nSPS) is 9.56. The van der Waals surface area contributed by atoms with Crippen LogP contribution in [0.3, 0.4) is 0 Å². The summed E-state index contributed by atoms with van der Waals surface area (Å²) in [4.78, 5) is 23.4. The van der Waals surface area contributed by atoms with E-state index in [0.29, 0.717) is 6.54 Å². The van der Waals surface area contributed by atoms with Gasteiger partial charge in [-0.2, -0.15) is 0 Å². The molecule has 0 bridgehead atoms. The third-order valence-electron chi connectivity index (χ3n) is 2.52. The van der Waals surface area contributed by atoms with Crippen molar-refractivity contribution >= 4 is 11.6 Å². The van der Waals surface area contributed by atoms with Crippen molar-refractivity contribution in [3.05, 3.63) is 39.9 Å².